The molecule has 16 heavy (non-hydrogen) atoms. The van der Waals surface area contributed by atoms with Crippen LogP contribution in [0.4, 0.5) is 0 Å². The summed E-state index contributed by atoms with van der Waals surface area (Å²) < 4.78 is 10.2. The smallest absolute Gasteiger partial charge is 0.305 e. The lowest BCUT2D eigenvalue weighted by Gasteiger charge is -2.31. The Bertz CT molecular complexity index is 200. The van der Waals surface area contributed by atoms with Crippen LogP contribution in [0.3, 0.4) is 0 Å². The Labute approximate surface area is 97.9 Å². The molecule has 0 unspecified atom stereocenters. The van der Waals surface area contributed by atoms with Crippen LogP contribution in [-0.2, 0) is 14.3 Å². The summed E-state index contributed by atoms with van der Waals surface area (Å²) in [5, 5.41) is 0. The van der Waals surface area contributed by atoms with E-state index in [9.17, 15) is 4.79 Å². The number of piperidine rings is 1. The maximum Gasteiger partial charge on any atom is 0.305 e. The van der Waals surface area contributed by atoms with Gasteiger partial charge in [0, 0.05) is 26.1 Å². The van der Waals surface area contributed by atoms with Gasteiger partial charge in [0.1, 0.15) is 0 Å². The number of hydrogen-bond donors (Lipinski definition) is 0. The summed E-state index contributed by atoms with van der Waals surface area (Å²) in [5.41, 5.74) is 0. The Morgan fingerprint density at radius 1 is 1.38 bits per heavy atom. The molecule has 1 heterocycles. The van der Waals surface area contributed by atoms with Crippen molar-refractivity contribution < 1.29 is 14.3 Å². The number of methoxy groups -OCH3 is 1. The summed E-state index contributed by atoms with van der Waals surface area (Å²) in [4.78, 5) is 13.3. The van der Waals surface area contributed by atoms with E-state index in [0.717, 1.165) is 45.5 Å². The van der Waals surface area contributed by atoms with Gasteiger partial charge in [-0.05, 0) is 32.7 Å². The highest BCUT2D eigenvalue weighted by Gasteiger charge is 2.18. The maximum absolute atomic E-state index is 10.9. The van der Waals surface area contributed by atoms with E-state index >= 15 is 0 Å². The third-order valence-corrected chi connectivity index (χ3v) is 3.02. The van der Waals surface area contributed by atoms with E-state index in [1.807, 2.05) is 6.92 Å². The zero-order valence-electron chi connectivity index (χ0n) is 10.4. The fraction of sp³-hybridized carbons (Fsp3) is 0.917. The molecule has 0 aromatic carbocycles. The highest BCUT2D eigenvalue weighted by molar-refractivity contribution is 5.69. The van der Waals surface area contributed by atoms with Crippen LogP contribution in [0.2, 0.25) is 0 Å². The van der Waals surface area contributed by atoms with Crippen LogP contribution < -0.4 is 0 Å². The zero-order valence-corrected chi connectivity index (χ0v) is 10.4. The van der Waals surface area contributed by atoms with Crippen LogP contribution >= 0.6 is 0 Å². The molecular weight excluding hydrogens is 206 g/mol. The topological polar surface area (TPSA) is 38.8 Å². The zero-order chi connectivity index (χ0) is 11.8. The molecule has 0 spiro atoms. The van der Waals surface area contributed by atoms with Gasteiger partial charge in [0.2, 0.25) is 0 Å². The minimum absolute atomic E-state index is 0.107. The first-order chi connectivity index (χ1) is 7.76. The Balaban J connectivity index is 2.06. The lowest BCUT2D eigenvalue weighted by Crippen LogP contribution is -2.37. The molecule has 4 heteroatoms. The van der Waals surface area contributed by atoms with E-state index < -0.39 is 0 Å². The van der Waals surface area contributed by atoms with Crippen molar-refractivity contribution in [1.29, 1.82) is 0 Å². The van der Waals surface area contributed by atoms with E-state index in [1.54, 1.807) is 0 Å². The van der Waals surface area contributed by atoms with Gasteiger partial charge in [0.15, 0.2) is 0 Å². The standard InChI is InChI=1S/C12H23NO3/c1-3-16-11-6-9-13(10-7-11)8-4-5-12(14)15-2/h11H,3-10H2,1-2H3. The number of rotatable bonds is 6. The minimum atomic E-state index is -0.107. The molecule has 0 amide bonds. The molecule has 94 valence electrons. The molecule has 0 aromatic rings. The molecule has 0 atom stereocenters. The quantitative estimate of drug-likeness (QED) is 0.646. The number of carbonyl (C=O) groups excluding carboxylic acids is 1. The first-order valence-electron chi connectivity index (χ1n) is 6.17. The Kier molecular flexibility index (Phi) is 6.42. The van der Waals surface area contributed by atoms with Crippen LogP contribution in [0.1, 0.15) is 32.6 Å². The first-order valence-corrected chi connectivity index (χ1v) is 6.17. The Hall–Kier alpha value is -0.610. The maximum atomic E-state index is 10.9. The number of ether oxygens (including phenoxy) is 2. The van der Waals surface area contributed by atoms with Gasteiger partial charge in [-0.2, -0.15) is 0 Å². The fourth-order valence-electron chi connectivity index (χ4n) is 2.08. The normalized spacial score (nSPS) is 18.6. The van der Waals surface area contributed by atoms with Crippen LogP contribution in [0.25, 0.3) is 0 Å². The van der Waals surface area contributed by atoms with Crippen molar-refractivity contribution in [2.24, 2.45) is 0 Å². The third-order valence-electron chi connectivity index (χ3n) is 3.02. The molecule has 0 saturated carbocycles. The van der Waals surface area contributed by atoms with E-state index in [-0.39, 0.29) is 5.97 Å². The summed E-state index contributed by atoms with van der Waals surface area (Å²) in [6.45, 7) is 6.03. The predicted molar refractivity (Wildman–Crippen MR) is 62.3 cm³/mol. The summed E-state index contributed by atoms with van der Waals surface area (Å²) in [6.07, 6.45) is 4.10. The monoisotopic (exact) mass is 229 g/mol. The molecule has 1 rings (SSSR count). The molecule has 4 nitrogen and oxygen atoms in total. The van der Waals surface area contributed by atoms with E-state index in [4.69, 9.17) is 4.74 Å². The van der Waals surface area contributed by atoms with Crippen molar-refractivity contribution in [3.8, 4) is 0 Å². The average molecular weight is 229 g/mol. The van der Waals surface area contributed by atoms with Gasteiger partial charge in [0.05, 0.1) is 13.2 Å². The second-order valence-corrected chi connectivity index (χ2v) is 4.18. The Morgan fingerprint density at radius 3 is 2.62 bits per heavy atom. The van der Waals surface area contributed by atoms with Crippen LogP contribution in [-0.4, -0.2) is 50.3 Å². The number of hydrogen-bond acceptors (Lipinski definition) is 4. The number of likely N-dealkylation sites (tertiary alicyclic amines) is 1. The largest absolute Gasteiger partial charge is 0.469 e. The van der Waals surface area contributed by atoms with Gasteiger partial charge in [-0.1, -0.05) is 0 Å². The van der Waals surface area contributed by atoms with Gasteiger partial charge < -0.3 is 14.4 Å². The summed E-state index contributed by atoms with van der Waals surface area (Å²) in [7, 11) is 1.44. The van der Waals surface area contributed by atoms with Crippen molar-refractivity contribution in [1.82, 2.24) is 4.90 Å². The number of nitrogens with zero attached hydrogens (tertiary/aromatic N) is 1. The molecule has 0 aromatic heterocycles. The SMILES string of the molecule is CCOC1CCN(CCCC(=O)OC)CC1. The van der Waals surface area contributed by atoms with Crippen molar-refractivity contribution in [2.75, 3.05) is 33.4 Å². The van der Waals surface area contributed by atoms with Gasteiger partial charge in [-0.15, -0.1) is 0 Å². The number of esters is 1. The highest BCUT2D eigenvalue weighted by Crippen LogP contribution is 2.14. The van der Waals surface area contributed by atoms with Crippen LogP contribution in [0, 0.1) is 0 Å². The molecule has 1 aliphatic rings. The summed E-state index contributed by atoms with van der Waals surface area (Å²) in [6, 6.07) is 0. The molecule has 0 radical (unpaired) electrons. The van der Waals surface area contributed by atoms with Gasteiger partial charge >= 0.3 is 5.97 Å². The first kappa shape index (κ1) is 13.5. The van der Waals surface area contributed by atoms with Crippen molar-refractivity contribution in [3.63, 3.8) is 0 Å². The molecule has 1 saturated heterocycles. The second kappa shape index (κ2) is 7.63. The predicted octanol–water partition coefficient (Wildman–Crippen LogP) is 1.44. The summed E-state index contributed by atoms with van der Waals surface area (Å²) >= 11 is 0. The van der Waals surface area contributed by atoms with Crippen LogP contribution in [0.15, 0.2) is 0 Å². The summed E-state index contributed by atoms with van der Waals surface area (Å²) in [5.74, 6) is -0.107. The average Bonchev–Trinajstić information content (AvgIpc) is 2.31. The third kappa shape index (κ3) is 4.94. The second-order valence-electron chi connectivity index (χ2n) is 4.18. The number of carbonyl (C=O) groups is 1. The lowest BCUT2D eigenvalue weighted by molar-refractivity contribution is -0.140. The van der Waals surface area contributed by atoms with E-state index in [2.05, 4.69) is 9.64 Å². The fourth-order valence-corrected chi connectivity index (χ4v) is 2.08. The van der Waals surface area contributed by atoms with E-state index in [1.165, 1.54) is 7.11 Å². The molecule has 0 bridgehead atoms. The van der Waals surface area contributed by atoms with Crippen molar-refractivity contribution in [2.45, 2.75) is 38.7 Å². The molecule has 0 aliphatic carbocycles. The minimum Gasteiger partial charge on any atom is -0.469 e. The molecule has 1 fully saturated rings. The Morgan fingerprint density at radius 2 is 2.06 bits per heavy atom. The van der Waals surface area contributed by atoms with Gasteiger partial charge in [-0.25, -0.2) is 0 Å². The van der Waals surface area contributed by atoms with Gasteiger partial charge in [0.25, 0.3) is 0 Å². The molecular formula is C12H23NO3. The molecule has 0 N–H and O–H groups in total. The van der Waals surface area contributed by atoms with E-state index in [0.29, 0.717) is 12.5 Å². The van der Waals surface area contributed by atoms with Crippen LogP contribution in [0.5, 0.6) is 0 Å². The van der Waals surface area contributed by atoms with Crippen molar-refractivity contribution >= 4 is 5.97 Å². The highest BCUT2D eigenvalue weighted by atomic mass is 16.5. The van der Waals surface area contributed by atoms with Crippen molar-refractivity contribution in [3.05, 3.63) is 0 Å². The van der Waals surface area contributed by atoms with Gasteiger partial charge in [-0.3, -0.25) is 4.79 Å². The molecule has 1 aliphatic heterocycles. The lowest BCUT2D eigenvalue weighted by atomic mass is 10.1.